The molecule has 2 aromatic rings. The van der Waals surface area contributed by atoms with Crippen molar-refractivity contribution in [3.8, 4) is 0 Å². The first-order valence-corrected chi connectivity index (χ1v) is 14.7. The highest BCUT2D eigenvalue weighted by atomic mass is 15.1. The van der Waals surface area contributed by atoms with Crippen LogP contribution in [0.25, 0.3) is 0 Å². The highest BCUT2D eigenvalue weighted by molar-refractivity contribution is 5.27. The Morgan fingerprint density at radius 3 is 1.46 bits per heavy atom. The molecule has 0 unspecified atom stereocenters. The Morgan fingerprint density at radius 1 is 0.543 bits per heavy atom. The van der Waals surface area contributed by atoms with Gasteiger partial charge in [-0.1, -0.05) is 125 Å². The predicted molar refractivity (Wildman–Crippen MR) is 156 cm³/mol. The van der Waals surface area contributed by atoms with Crippen LogP contribution >= 0.6 is 0 Å². The summed E-state index contributed by atoms with van der Waals surface area (Å²) in [5, 5.41) is 0. The molecule has 0 heterocycles. The summed E-state index contributed by atoms with van der Waals surface area (Å²) in [6, 6.07) is 17.7. The fraction of sp³-hybridized carbons (Fsp3) is 0.588. The summed E-state index contributed by atoms with van der Waals surface area (Å²) in [5.74, 6) is 0. The van der Waals surface area contributed by atoms with Gasteiger partial charge in [-0.25, -0.2) is 0 Å². The Bertz CT molecular complexity index is 758. The average Bonchev–Trinajstić information content (AvgIpc) is 2.86. The third-order valence-corrected chi connectivity index (χ3v) is 7.30. The molecule has 0 saturated carbocycles. The van der Waals surface area contributed by atoms with Gasteiger partial charge in [0.1, 0.15) is 0 Å². The topological polar surface area (TPSA) is 3.24 Å². The summed E-state index contributed by atoms with van der Waals surface area (Å²) in [7, 11) is 0. The number of unbranched alkanes of at least 4 members (excludes halogenated alkanes) is 12. The Labute approximate surface area is 218 Å². The molecule has 2 rings (SSSR count). The number of allylic oxidation sites excluding steroid dienone is 2. The van der Waals surface area contributed by atoms with Crippen molar-refractivity contribution in [3.05, 3.63) is 82.9 Å². The van der Waals surface area contributed by atoms with E-state index in [1.54, 1.807) is 0 Å². The quantitative estimate of drug-likeness (QED) is 0.136. The zero-order chi connectivity index (χ0) is 25.0. The van der Waals surface area contributed by atoms with E-state index in [0.29, 0.717) is 0 Å². The van der Waals surface area contributed by atoms with Gasteiger partial charge >= 0.3 is 0 Å². The molecule has 0 spiro atoms. The lowest BCUT2D eigenvalue weighted by Gasteiger charge is -2.24. The highest BCUT2D eigenvalue weighted by Gasteiger charge is 2.10. The molecular weight excluding hydrogens is 422 g/mol. The average molecular weight is 476 g/mol. The van der Waals surface area contributed by atoms with Crippen molar-refractivity contribution in [1.82, 2.24) is 4.90 Å². The summed E-state index contributed by atoms with van der Waals surface area (Å²) in [6.45, 7) is 10.1. The van der Waals surface area contributed by atoms with Crippen LogP contribution in [0, 0.1) is 13.8 Å². The van der Waals surface area contributed by atoms with Gasteiger partial charge in [0, 0.05) is 13.1 Å². The van der Waals surface area contributed by atoms with Gasteiger partial charge in [0.25, 0.3) is 0 Å². The Hall–Kier alpha value is -1.86. The maximum atomic E-state index is 2.65. The molecule has 0 atom stereocenters. The van der Waals surface area contributed by atoms with Crippen molar-refractivity contribution >= 4 is 0 Å². The molecule has 0 fully saturated rings. The van der Waals surface area contributed by atoms with Crippen molar-refractivity contribution < 1.29 is 0 Å². The lowest BCUT2D eigenvalue weighted by atomic mass is 10.0. The summed E-state index contributed by atoms with van der Waals surface area (Å²) in [4.78, 5) is 2.65. The van der Waals surface area contributed by atoms with E-state index in [-0.39, 0.29) is 0 Å². The van der Waals surface area contributed by atoms with Crippen LogP contribution in [-0.2, 0) is 13.1 Å². The molecule has 0 aliphatic rings. The normalized spacial score (nSPS) is 11.7. The van der Waals surface area contributed by atoms with Crippen molar-refractivity contribution in [1.29, 1.82) is 0 Å². The smallest absolute Gasteiger partial charge is 0.0239 e. The van der Waals surface area contributed by atoms with Gasteiger partial charge in [0.2, 0.25) is 0 Å². The van der Waals surface area contributed by atoms with Gasteiger partial charge in [-0.15, -0.1) is 0 Å². The number of nitrogens with zero attached hydrogens (tertiary/aromatic N) is 1. The Balaban J connectivity index is 1.58. The third-order valence-electron chi connectivity index (χ3n) is 7.30. The van der Waals surface area contributed by atoms with Gasteiger partial charge in [0.15, 0.2) is 0 Å². The van der Waals surface area contributed by atoms with Crippen LogP contribution in [0.4, 0.5) is 0 Å². The van der Waals surface area contributed by atoms with E-state index in [1.807, 2.05) is 0 Å². The second-order valence-corrected chi connectivity index (χ2v) is 10.5. The van der Waals surface area contributed by atoms with Crippen LogP contribution < -0.4 is 0 Å². The number of benzene rings is 2. The van der Waals surface area contributed by atoms with Crippen LogP contribution in [0.2, 0.25) is 0 Å². The molecule has 0 aliphatic heterocycles. The predicted octanol–water partition coefficient (Wildman–Crippen LogP) is 10.3. The minimum absolute atomic E-state index is 1.05. The van der Waals surface area contributed by atoms with E-state index < -0.39 is 0 Å². The Morgan fingerprint density at radius 2 is 0.971 bits per heavy atom. The van der Waals surface area contributed by atoms with Crippen LogP contribution in [0.1, 0.15) is 119 Å². The number of aryl methyl sites for hydroxylation is 2. The van der Waals surface area contributed by atoms with Gasteiger partial charge < -0.3 is 0 Å². The minimum Gasteiger partial charge on any atom is -0.295 e. The molecule has 0 N–H and O–H groups in total. The SMILES string of the molecule is CCCCCCCC/C=C\CCCCCCCCN(Cc1ccccc1C)Cc1ccccc1C. The maximum Gasteiger partial charge on any atom is 0.0239 e. The second-order valence-electron chi connectivity index (χ2n) is 10.5. The van der Waals surface area contributed by atoms with E-state index in [0.717, 1.165) is 13.1 Å². The molecule has 0 radical (unpaired) electrons. The monoisotopic (exact) mass is 475 g/mol. The second kappa shape index (κ2) is 19.3. The largest absolute Gasteiger partial charge is 0.295 e. The van der Waals surface area contributed by atoms with E-state index in [4.69, 9.17) is 0 Å². The lowest BCUT2D eigenvalue weighted by Crippen LogP contribution is -2.25. The first-order chi connectivity index (χ1) is 17.2. The molecule has 1 nitrogen and oxygen atoms in total. The summed E-state index contributed by atoms with van der Waals surface area (Å²) >= 11 is 0. The maximum absolute atomic E-state index is 2.65. The van der Waals surface area contributed by atoms with E-state index in [2.05, 4.69) is 86.4 Å². The number of rotatable bonds is 20. The van der Waals surface area contributed by atoms with Crippen LogP contribution in [-0.4, -0.2) is 11.4 Å². The summed E-state index contributed by atoms with van der Waals surface area (Å²) < 4.78 is 0. The van der Waals surface area contributed by atoms with Gasteiger partial charge in [-0.05, 0) is 74.8 Å². The fourth-order valence-electron chi connectivity index (χ4n) is 4.85. The lowest BCUT2D eigenvalue weighted by molar-refractivity contribution is 0.249. The molecule has 2 aromatic carbocycles. The van der Waals surface area contributed by atoms with Crippen LogP contribution in [0.3, 0.4) is 0 Å². The highest BCUT2D eigenvalue weighted by Crippen LogP contribution is 2.17. The van der Waals surface area contributed by atoms with Crippen molar-refractivity contribution in [2.24, 2.45) is 0 Å². The van der Waals surface area contributed by atoms with Crippen molar-refractivity contribution in [2.75, 3.05) is 6.54 Å². The fourth-order valence-corrected chi connectivity index (χ4v) is 4.85. The van der Waals surface area contributed by atoms with E-state index in [9.17, 15) is 0 Å². The van der Waals surface area contributed by atoms with Gasteiger partial charge in [0.05, 0.1) is 0 Å². The van der Waals surface area contributed by atoms with Crippen LogP contribution in [0.15, 0.2) is 60.7 Å². The first-order valence-electron chi connectivity index (χ1n) is 14.7. The molecule has 0 bridgehead atoms. The van der Waals surface area contributed by atoms with Crippen molar-refractivity contribution in [3.63, 3.8) is 0 Å². The van der Waals surface area contributed by atoms with E-state index in [1.165, 1.54) is 119 Å². The number of hydrogen-bond donors (Lipinski definition) is 0. The zero-order valence-electron chi connectivity index (χ0n) is 23.2. The molecule has 194 valence electrons. The van der Waals surface area contributed by atoms with Crippen LogP contribution in [0.5, 0.6) is 0 Å². The first kappa shape index (κ1) is 29.4. The number of hydrogen-bond acceptors (Lipinski definition) is 1. The van der Waals surface area contributed by atoms with Gasteiger partial charge in [-0.3, -0.25) is 4.90 Å². The minimum atomic E-state index is 1.05. The molecule has 35 heavy (non-hydrogen) atoms. The molecular formula is C34H53N. The summed E-state index contributed by atoms with van der Waals surface area (Å²) in [6.07, 6.45) is 24.0. The van der Waals surface area contributed by atoms with Gasteiger partial charge in [-0.2, -0.15) is 0 Å². The molecule has 0 amide bonds. The molecule has 0 aromatic heterocycles. The molecule has 0 aliphatic carbocycles. The molecule has 1 heteroatoms. The third kappa shape index (κ3) is 13.7. The summed E-state index contributed by atoms with van der Waals surface area (Å²) in [5.41, 5.74) is 5.74. The van der Waals surface area contributed by atoms with Crippen molar-refractivity contribution in [2.45, 2.75) is 124 Å². The Kier molecular flexibility index (Phi) is 16.2. The molecule has 0 saturated heterocycles. The van der Waals surface area contributed by atoms with E-state index >= 15 is 0 Å². The standard InChI is InChI=1S/C34H53N/c1-4-5-6-7-8-9-10-11-12-13-14-15-16-17-18-23-28-35(29-33-26-21-19-24-31(33)2)30-34-27-22-20-25-32(34)3/h11-12,19-22,24-27H,4-10,13-18,23,28-30H2,1-3H3/b12-11-. The zero-order valence-corrected chi connectivity index (χ0v) is 23.2.